The number of nitrogens with zero attached hydrogens (tertiary/aromatic N) is 1. The average Bonchev–Trinajstić information content (AvgIpc) is 2.93. The van der Waals surface area contributed by atoms with Crippen LogP contribution in [0.1, 0.15) is 29.4 Å². The molecule has 0 aliphatic heterocycles. The second-order valence-electron chi connectivity index (χ2n) is 4.49. The fourth-order valence-electron chi connectivity index (χ4n) is 1.63. The molecule has 118 valence electrons. The van der Waals surface area contributed by atoms with E-state index in [0.717, 1.165) is 18.6 Å². The van der Waals surface area contributed by atoms with Crippen molar-refractivity contribution in [1.29, 1.82) is 0 Å². The second kappa shape index (κ2) is 6.78. The third-order valence-corrected chi connectivity index (χ3v) is 3.49. The zero-order valence-corrected chi connectivity index (χ0v) is 12.5. The summed E-state index contributed by atoms with van der Waals surface area (Å²) in [5.41, 5.74) is 0.0487. The third kappa shape index (κ3) is 4.20. The Morgan fingerprint density at radius 3 is 2.55 bits per heavy atom. The molecule has 8 heteroatoms. The predicted octanol–water partition coefficient (Wildman–Crippen LogP) is 4.05. The molecule has 0 unspecified atom stereocenters. The first-order valence-corrected chi connectivity index (χ1v) is 7.46. The number of carbonyl (C=O) groups excluding carboxylic acids is 1. The van der Waals surface area contributed by atoms with Crippen LogP contribution in [0.5, 0.6) is 0 Å². The molecule has 22 heavy (non-hydrogen) atoms. The summed E-state index contributed by atoms with van der Waals surface area (Å²) in [6, 6.07) is 4.62. The number of aromatic nitrogens is 1. The quantitative estimate of drug-likeness (QED) is 0.870. The van der Waals surface area contributed by atoms with Crippen LogP contribution in [-0.4, -0.2) is 17.4 Å². The number of carbonyl (C=O) groups is 1. The minimum Gasteiger partial charge on any atom is -0.351 e. The van der Waals surface area contributed by atoms with E-state index < -0.39 is 11.7 Å². The summed E-state index contributed by atoms with van der Waals surface area (Å²) in [6.45, 7) is 2.51. The van der Waals surface area contributed by atoms with Crippen LogP contribution in [0.3, 0.4) is 0 Å². The maximum atomic E-state index is 12.5. The van der Waals surface area contributed by atoms with E-state index >= 15 is 0 Å². The maximum absolute atomic E-state index is 12.5. The standard InChI is InChI=1S/C14H14F3N3OS/c1-2-7-18-12(21)11-8-22-13(20-11)19-10-5-3-9(4-6-10)14(15,16)17/h3-6,8H,2,7H2,1H3,(H,18,21)(H,19,20). The minimum atomic E-state index is -4.36. The van der Waals surface area contributed by atoms with E-state index in [1.807, 2.05) is 6.92 Å². The van der Waals surface area contributed by atoms with Crippen molar-refractivity contribution in [3.63, 3.8) is 0 Å². The minimum absolute atomic E-state index is 0.265. The first-order valence-electron chi connectivity index (χ1n) is 6.58. The van der Waals surface area contributed by atoms with Gasteiger partial charge in [0.1, 0.15) is 5.69 Å². The molecule has 0 saturated carbocycles. The van der Waals surface area contributed by atoms with Gasteiger partial charge in [0, 0.05) is 17.6 Å². The van der Waals surface area contributed by atoms with Crippen molar-refractivity contribution in [3.05, 3.63) is 40.9 Å². The normalized spacial score (nSPS) is 11.3. The highest BCUT2D eigenvalue weighted by Gasteiger charge is 2.29. The molecular weight excluding hydrogens is 315 g/mol. The van der Waals surface area contributed by atoms with Gasteiger partial charge >= 0.3 is 6.18 Å². The summed E-state index contributed by atoms with van der Waals surface area (Å²) >= 11 is 1.21. The maximum Gasteiger partial charge on any atom is 0.416 e. The van der Waals surface area contributed by atoms with Gasteiger partial charge in [0.05, 0.1) is 5.56 Å². The Hall–Kier alpha value is -2.09. The van der Waals surface area contributed by atoms with Gasteiger partial charge in [0.15, 0.2) is 5.13 Å². The van der Waals surface area contributed by atoms with Crippen LogP contribution in [0.4, 0.5) is 24.0 Å². The van der Waals surface area contributed by atoms with Crippen LogP contribution in [0.15, 0.2) is 29.6 Å². The first-order chi connectivity index (χ1) is 10.4. The summed E-state index contributed by atoms with van der Waals surface area (Å²) in [4.78, 5) is 15.8. The molecule has 0 saturated heterocycles. The highest BCUT2D eigenvalue weighted by Crippen LogP contribution is 2.30. The molecule has 2 aromatic rings. The van der Waals surface area contributed by atoms with Gasteiger partial charge in [-0.25, -0.2) is 4.98 Å². The Balaban J connectivity index is 2.02. The van der Waals surface area contributed by atoms with Crippen molar-refractivity contribution in [2.24, 2.45) is 0 Å². The number of halogens is 3. The molecule has 2 rings (SSSR count). The number of rotatable bonds is 5. The summed E-state index contributed by atoms with van der Waals surface area (Å²) in [7, 11) is 0. The van der Waals surface area contributed by atoms with Crippen LogP contribution < -0.4 is 10.6 Å². The number of nitrogens with one attached hydrogen (secondary N) is 2. The Bertz CT molecular complexity index is 638. The van der Waals surface area contributed by atoms with Gasteiger partial charge in [0.25, 0.3) is 5.91 Å². The zero-order chi connectivity index (χ0) is 16.2. The van der Waals surface area contributed by atoms with E-state index in [-0.39, 0.29) is 11.6 Å². The van der Waals surface area contributed by atoms with Crippen LogP contribution in [0.25, 0.3) is 0 Å². The number of benzene rings is 1. The zero-order valence-electron chi connectivity index (χ0n) is 11.7. The number of anilines is 2. The number of alkyl halides is 3. The van der Waals surface area contributed by atoms with E-state index in [9.17, 15) is 18.0 Å². The summed E-state index contributed by atoms with van der Waals surface area (Å²) in [5.74, 6) is -0.265. The average molecular weight is 329 g/mol. The van der Waals surface area contributed by atoms with Crippen molar-refractivity contribution in [2.75, 3.05) is 11.9 Å². The highest BCUT2D eigenvalue weighted by molar-refractivity contribution is 7.14. The SMILES string of the molecule is CCCNC(=O)c1csc(Nc2ccc(C(F)(F)F)cc2)n1. The predicted molar refractivity (Wildman–Crippen MR) is 79.5 cm³/mol. The topological polar surface area (TPSA) is 54.0 Å². The van der Waals surface area contributed by atoms with E-state index in [1.54, 1.807) is 5.38 Å². The number of thiazole rings is 1. The van der Waals surface area contributed by atoms with E-state index in [2.05, 4.69) is 15.6 Å². The van der Waals surface area contributed by atoms with Crippen molar-refractivity contribution in [3.8, 4) is 0 Å². The summed E-state index contributed by atoms with van der Waals surface area (Å²) < 4.78 is 37.4. The van der Waals surface area contributed by atoms with Gasteiger partial charge in [-0.3, -0.25) is 4.79 Å². The molecule has 1 amide bonds. The molecule has 0 aliphatic carbocycles. The molecule has 0 fully saturated rings. The Morgan fingerprint density at radius 2 is 1.95 bits per heavy atom. The fourth-order valence-corrected chi connectivity index (χ4v) is 2.34. The molecule has 4 nitrogen and oxygen atoms in total. The van der Waals surface area contributed by atoms with Gasteiger partial charge in [-0.2, -0.15) is 13.2 Å². The van der Waals surface area contributed by atoms with Gasteiger partial charge in [-0.05, 0) is 30.7 Å². The Kier molecular flexibility index (Phi) is 5.02. The summed E-state index contributed by atoms with van der Waals surface area (Å²) in [6.07, 6.45) is -3.53. The molecule has 1 aromatic carbocycles. The van der Waals surface area contributed by atoms with Crippen molar-refractivity contribution in [2.45, 2.75) is 19.5 Å². The first kappa shape index (κ1) is 16.3. The summed E-state index contributed by atoms with van der Waals surface area (Å²) in [5, 5.41) is 7.62. The van der Waals surface area contributed by atoms with Crippen LogP contribution >= 0.6 is 11.3 Å². The molecule has 0 atom stereocenters. The van der Waals surface area contributed by atoms with Crippen molar-refractivity contribution in [1.82, 2.24) is 10.3 Å². The van der Waals surface area contributed by atoms with Crippen LogP contribution in [-0.2, 0) is 6.18 Å². The van der Waals surface area contributed by atoms with Crippen molar-refractivity contribution >= 4 is 28.1 Å². The Morgan fingerprint density at radius 1 is 1.27 bits per heavy atom. The lowest BCUT2D eigenvalue weighted by Crippen LogP contribution is -2.24. The molecule has 0 radical (unpaired) electrons. The molecular formula is C14H14F3N3OS. The number of hydrogen-bond acceptors (Lipinski definition) is 4. The monoisotopic (exact) mass is 329 g/mol. The van der Waals surface area contributed by atoms with Crippen molar-refractivity contribution < 1.29 is 18.0 Å². The lowest BCUT2D eigenvalue weighted by atomic mass is 10.2. The van der Waals surface area contributed by atoms with E-state index in [0.29, 0.717) is 17.4 Å². The van der Waals surface area contributed by atoms with Gasteiger partial charge < -0.3 is 10.6 Å². The smallest absolute Gasteiger partial charge is 0.351 e. The lowest BCUT2D eigenvalue weighted by molar-refractivity contribution is -0.137. The molecule has 2 N–H and O–H groups in total. The highest BCUT2D eigenvalue weighted by atomic mass is 32.1. The molecule has 1 heterocycles. The van der Waals surface area contributed by atoms with Crippen LogP contribution in [0.2, 0.25) is 0 Å². The number of hydrogen-bond donors (Lipinski definition) is 2. The lowest BCUT2D eigenvalue weighted by Gasteiger charge is -2.07. The largest absolute Gasteiger partial charge is 0.416 e. The van der Waals surface area contributed by atoms with E-state index in [4.69, 9.17) is 0 Å². The second-order valence-corrected chi connectivity index (χ2v) is 5.35. The molecule has 0 bridgehead atoms. The van der Waals surface area contributed by atoms with E-state index in [1.165, 1.54) is 23.5 Å². The third-order valence-electron chi connectivity index (χ3n) is 2.74. The fraction of sp³-hybridized carbons (Fsp3) is 0.286. The number of amides is 1. The molecule has 0 spiro atoms. The van der Waals surface area contributed by atoms with Gasteiger partial charge in [0.2, 0.25) is 0 Å². The molecule has 0 aliphatic rings. The van der Waals surface area contributed by atoms with Gasteiger partial charge in [-0.1, -0.05) is 6.92 Å². The Labute approximate surface area is 129 Å². The van der Waals surface area contributed by atoms with Crippen LogP contribution in [0, 0.1) is 0 Å². The molecule has 1 aromatic heterocycles. The van der Waals surface area contributed by atoms with Gasteiger partial charge in [-0.15, -0.1) is 11.3 Å².